The lowest BCUT2D eigenvalue weighted by molar-refractivity contribution is -0.135. The number of carbonyl (C=O) groups excluding carboxylic acids is 2. The van der Waals surface area contributed by atoms with E-state index in [2.05, 4.69) is 45.0 Å². The van der Waals surface area contributed by atoms with E-state index >= 15 is 0 Å². The van der Waals surface area contributed by atoms with Gasteiger partial charge in [0, 0.05) is 25.6 Å². The average Bonchev–Trinajstić information content (AvgIpc) is 2.54. The highest BCUT2D eigenvalue weighted by molar-refractivity contribution is 5.80. The normalized spacial score (nSPS) is 16.3. The summed E-state index contributed by atoms with van der Waals surface area (Å²) in [5.74, 6) is -0.206. The number of amides is 2. The van der Waals surface area contributed by atoms with Gasteiger partial charge in [-0.3, -0.25) is 14.5 Å². The predicted molar refractivity (Wildman–Crippen MR) is 100.0 cm³/mol. The third kappa shape index (κ3) is 5.56. The van der Waals surface area contributed by atoms with Crippen molar-refractivity contribution in [1.29, 1.82) is 0 Å². The Labute approximate surface area is 151 Å². The average molecular weight is 345 g/mol. The number of hydrogen-bond donors (Lipinski definition) is 1. The maximum atomic E-state index is 12.4. The molecule has 2 N–H and O–H groups in total. The van der Waals surface area contributed by atoms with Crippen LogP contribution in [0.2, 0.25) is 0 Å². The molecule has 0 aliphatic carbocycles. The topological polar surface area (TPSA) is 66.6 Å². The Morgan fingerprint density at radius 2 is 1.72 bits per heavy atom. The van der Waals surface area contributed by atoms with Gasteiger partial charge in [-0.05, 0) is 36.4 Å². The number of benzene rings is 1. The fourth-order valence-electron chi connectivity index (χ4n) is 3.22. The summed E-state index contributed by atoms with van der Waals surface area (Å²) in [6.45, 7) is 8.99. The zero-order valence-electron chi connectivity index (χ0n) is 15.9. The van der Waals surface area contributed by atoms with Gasteiger partial charge in [0.05, 0.1) is 6.54 Å². The summed E-state index contributed by atoms with van der Waals surface area (Å²) in [4.78, 5) is 27.5. The minimum atomic E-state index is -0.247. The van der Waals surface area contributed by atoms with E-state index in [0.29, 0.717) is 32.5 Å². The Bertz CT molecular complexity index is 596. The van der Waals surface area contributed by atoms with E-state index in [4.69, 9.17) is 5.73 Å². The van der Waals surface area contributed by atoms with Crippen molar-refractivity contribution in [2.45, 2.75) is 45.6 Å². The molecule has 5 nitrogen and oxygen atoms in total. The Kier molecular flexibility index (Phi) is 6.22. The number of nitrogens with zero attached hydrogens (tertiary/aromatic N) is 2. The molecule has 1 aliphatic heterocycles. The first-order valence-electron chi connectivity index (χ1n) is 9.02. The second kappa shape index (κ2) is 8.00. The van der Waals surface area contributed by atoms with Crippen LogP contribution in [-0.2, 0) is 21.5 Å². The number of likely N-dealkylation sites (N-methyl/N-ethyl adjacent to an activating group) is 1. The van der Waals surface area contributed by atoms with Gasteiger partial charge in [0.15, 0.2) is 0 Å². The van der Waals surface area contributed by atoms with Crippen LogP contribution in [0.25, 0.3) is 0 Å². The van der Waals surface area contributed by atoms with Crippen molar-refractivity contribution in [3.05, 3.63) is 35.4 Å². The molecule has 0 spiro atoms. The van der Waals surface area contributed by atoms with Crippen LogP contribution in [-0.4, -0.2) is 48.3 Å². The molecule has 2 amide bonds. The summed E-state index contributed by atoms with van der Waals surface area (Å²) in [6.07, 6.45) is 1.36. The maximum absolute atomic E-state index is 12.4. The zero-order valence-corrected chi connectivity index (χ0v) is 15.9. The standard InChI is InChI=1S/C20H31N3O2/c1-20(2,3)17-7-5-15(6-8-17)13-22(4)14-18(24)23-11-9-16(10-12-23)19(21)25/h5-8,16H,9-14H2,1-4H3,(H2,21,25). The van der Waals surface area contributed by atoms with E-state index in [-0.39, 0.29) is 23.1 Å². The van der Waals surface area contributed by atoms with Gasteiger partial charge in [0.1, 0.15) is 0 Å². The van der Waals surface area contributed by atoms with E-state index in [1.807, 2.05) is 16.8 Å². The number of carbonyl (C=O) groups is 2. The second-order valence-electron chi connectivity index (χ2n) is 8.18. The fourth-order valence-corrected chi connectivity index (χ4v) is 3.22. The van der Waals surface area contributed by atoms with Crippen LogP contribution in [0.15, 0.2) is 24.3 Å². The molecular weight excluding hydrogens is 314 g/mol. The van der Waals surface area contributed by atoms with Crippen LogP contribution in [0.5, 0.6) is 0 Å². The minimum absolute atomic E-state index is 0.0805. The van der Waals surface area contributed by atoms with Crippen molar-refractivity contribution in [3.8, 4) is 0 Å². The van der Waals surface area contributed by atoms with Crippen LogP contribution < -0.4 is 5.73 Å². The van der Waals surface area contributed by atoms with Crippen molar-refractivity contribution >= 4 is 11.8 Å². The molecule has 138 valence electrons. The number of nitrogens with two attached hydrogens (primary N) is 1. The van der Waals surface area contributed by atoms with E-state index in [1.54, 1.807) is 0 Å². The van der Waals surface area contributed by atoms with Crippen molar-refractivity contribution in [1.82, 2.24) is 9.80 Å². The Morgan fingerprint density at radius 1 is 1.16 bits per heavy atom. The van der Waals surface area contributed by atoms with Crippen LogP contribution in [0.1, 0.15) is 44.7 Å². The largest absolute Gasteiger partial charge is 0.369 e. The summed E-state index contributed by atoms with van der Waals surface area (Å²) in [6, 6.07) is 8.61. The molecule has 0 aromatic heterocycles. The minimum Gasteiger partial charge on any atom is -0.369 e. The molecule has 5 heteroatoms. The lowest BCUT2D eigenvalue weighted by atomic mass is 9.87. The molecule has 0 saturated carbocycles. The van der Waals surface area contributed by atoms with E-state index in [1.165, 1.54) is 11.1 Å². The van der Waals surface area contributed by atoms with Crippen LogP contribution in [0.4, 0.5) is 0 Å². The first-order valence-corrected chi connectivity index (χ1v) is 9.02. The van der Waals surface area contributed by atoms with Gasteiger partial charge in [-0.2, -0.15) is 0 Å². The Morgan fingerprint density at radius 3 is 2.20 bits per heavy atom. The molecule has 1 aliphatic rings. The summed E-state index contributed by atoms with van der Waals surface area (Å²) in [7, 11) is 1.96. The van der Waals surface area contributed by atoms with Gasteiger partial charge in [-0.15, -0.1) is 0 Å². The Hall–Kier alpha value is -1.88. The van der Waals surface area contributed by atoms with E-state index in [0.717, 1.165) is 6.54 Å². The SMILES string of the molecule is CN(CC(=O)N1CCC(C(N)=O)CC1)Cc1ccc(C(C)(C)C)cc1. The lowest BCUT2D eigenvalue weighted by Crippen LogP contribution is -2.45. The predicted octanol–water partition coefficient (Wildman–Crippen LogP) is 2.14. The lowest BCUT2D eigenvalue weighted by Gasteiger charge is -2.31. The molecule has 0 unspecified atom stereocenters. The van der Waals surface area contributed by atoms with Crippen molar-refractivity contribution < 1.29 is 9.59 Å². The Balaban J connectivity index is 1.83. The first-order chi connectivity index (χ1) is 11.7. The van der Waals surface area contributed by atoms with Crippen molar-refractivity contribution in [2.75, 3.05) is 26.7 Å². The number of rotatable bonds is 5. The second-order valence-corrected chi connectivity index (χ2v) is 8.18. The molecule has 0 bridgehead atoms. The summed E-state index contributed by atoms with van der Waals surface area (Å²) < 4.78 is 0. The van der Waals surface area contributed by atoms with Gasteiger partial charge in [-0.25, -0.2) is 0 Å². The molecular formula is C20H31N3O2. The van der Waals surface area contributed by atoms with E-state index in [9.17, 15) is 9.59 Å². The summed E-state index contributed by atoms with van der Waals surface area (Å²) in [5, 5.41) is 0. The highest BCUT2D eigenvalue weighted by Gasteiger charge is 2.26. The van der Waals surface area contributed by atoms with Gasteiger partial charge in [-0.1, -0.05) is 45.0 Å². The molecule has 2 rings (SSSR count). The van der Waals surface area contributed by atoms with Gasteiger partial charge in [0.25, 0.3) is 0 Å². The number of hydrogen-bond acceptors (Lipinski definition) is 3. The van der Waals surface area contributed by atoms with Crippen molar-refractivity contribution in [2.24, 2.45) is 11.7 Å². The van der Waals surface area contributed by atoms with Gasteiger partial charge < -0.3 is 10.6 Å². The summed E-state index contributed by atoms with van der Waals surface area (Å²) >= 11 is 0. The summed E-state index contributed by atoms with van der Waals surface area (Å²) in [5.41, 5.74) is 8.01. The highest BCUT2D eigenvalue weighted by atomic mass is 16.2. The quantitative estimate of drug-likeness (QED) is 0.889. The van der Waals surface area contributed by atoms with Crippen LogP contribution >= 0.6 is 0 Å². The molecule has 1 fully saturated rings. The maximum Gasteiger partial charge on any atom is 0.236 e. The zero-order chi connectivity index (χ0) is 18.6. The highest BCUT2D eigenvalue weighted by Crippen LogP contribution is 2.22. The molecule has 25 heavy (non-hydrogen) atoms. The van der Waals surface area contributed by atoms with Gasteiger partial charge >= 0.3 is 0 Å². The number of piperidine rings is 1. The van der Waals surface area contributed by atoms with Crippen molar-refractivity contribution in [3.63, 3.8) is 0 Å². The first kappa shape index (κ1) is 19.4. The monoisotopic (exact) mass is 345 g/mol. The molecule has 1 heterocycles. The molecule has 1 saturated heterocycles. The third-order valence-corrected chi connectivity index (χ3v) is 4.93. The van der Waals surface area contributed by atoms with E-state index < -0.39 is 0 Å². The molecule has 0 radical (unpaired) electrons. The van der Waals surface area contributed by atoms with Crippen LogP contribution in [0, 0.1) is 5.92 Å². The van der Waals surface area contributed by atoms with Gasteiger partial charge in [0.2, 0.25) is 11.8 Å². The molecule has 1 aromatic rings. The molecule has 0 atom stereocenters. The number of likely N-dealkylation sites (tertiary alicyclic amines) is 1. The smallest absolute Gasteiger partial charge is 0.236 e. The number of primary amides is 1. The fraction of sp³-hybridized carbons (Fsp3) is 0.600. The third-order valence-electron chi connectivity index (χ3n) is 4.93. The van der Waals surface area contributed by atoms with Crippen LogP contribution in [0.3, 0.4) is 0 Å². The molecule has 1 aromatic carbocycles.